The van der Waals surface area contributed by atoms with Gasteiger partial charge in [0.15, 0.2) is 0 Å². The third-order valence-electron chi connectivity index (χ3n) is 1.89. The smallest absolute Gasteiger partial charge is 0.317 e. The third-order valence-corrected chi connectivity index (χ3v) is 1.89. The van der Waals surface area contributed by atoms with Gasteiger partial charge in [0.1, 0.15) is 6.42 Å². The van der Waals surface area contributed by atoms with Gasteiger partial charge in [-0.15, -0.1) is 0 Å². The number of rotatable bonds is 1. The molecular weight excluding hydrogens is 190 g/mol. The fourth-order valence-corrected chi connectivity index (χ4v) is 1.08. The van der Waals surface area contributed by atoms with E-state index in [1.807, 2.05) is 25.1 Å². The molecule has 0 bridgehead atoms. The van der Waals surface area contributed by atoms with Gasteiger partial charge in [-0.3, -0.25) is 4.79 Å². The highest BCUT2D eigenvalue weighted by Crippen LogP contribution is 2.12. The fraction of sp³-hybridized carbons (Fsp3) is 0.250. The molecule has 0 amide bonds. The Morgan fingerprint density at radius 2 is 2.27 bits per heavy atom. The van der Waals surface area contributed by atoms with Crippen molar-refractivity contribution in [3.63, 3.8) is 0 Å². The van der Waals surface area contributed by atoms with E-state index in [1.165, 1.54) is 7.11 Å². The molecule has 0 radical (unpaired) electrons. The lowest BCUT2D eigenvalue weighted by Gasteiger charge is -1.98. The molecule has 0 aliphatic rings. The summed E-state index contributed by atoms with van der Waals surface area (Å²) in [4.78, 5) is 10.8. The van der Waals surface area contributed by atoms with Crippen LogP contribution in [0.5, 0.6) is 0 Å². The van der Waals surface area contributed by atoms with Crippen LogP contribution >= 0.6 is 0 Å². The van der Waals surface area contributed by atoms with E-state index in [2.05, 4.69) is 16.6 Å². The third kappa shape index (κ3) is 3.35. The molecule has 0 saturated heterocycles. The van der Waals surface area contributed by atoms with Crippen LogP contribution in [0.2, 0.25) is 0 Å². The number of ether oxygens (including phenoxy) is 1. The minimum absolute atomic E-state index is 0.0871. The van der Waals surface area contributed by atoms with Gasteiger partial charge in [-0.1, -0.05) is 17.9 Å². The Morgan fingerprint density at radius 1 is 1.53 bits per heavy atom. The first-order valence-corrected chi connectivity index (χ1v) is 4.55. The maximum Gasteiger partial charge on any atom is 0.317 e. The maximum atomic E-state index is 10.8. The normalized spacial score (nSPS) is 8.93. The van der Waals surface area contributed by atoms with Gasteiger partial charge >= 0.3 is 5.97 Å². The van der Waals surface area contributed by atoms with E-state index < -0.39 is 0 Å². The molecule has 0 saturated carbocycles. The average Bonchev–Trinajstić information content (AvgIpc) is 2.21. The summed E-state index contributed by atoms with van der Waals surface area (Å²) >= 11 is 0. The first-order chi connectivity index (χ1) is 7.13. The van der Waals surface area contributed by atoms with E-state index >= 15 is 0 Å². The Hall–Kier alpha value is -1.95. The van der Waals surface area contributed by atoms with Crippen molar-refractivity contribution in [1.29, 1.82) is 0 Å². The Labute approximate surface area is 89.2 Å². The molecule has 0 fully saturated rings. The van der Waals surface area contributed by atoms with Crippen LogP contribution in [0.25, 0.3) is 0 Å². The number of carbonyl (C=O) groups excluding carboxylic acids is 1. The SMILES string of the molecule is COC(=O)CC#Cc1ccc(C)cc1N. The van der Waals surface area contributed by atoms with E-state index in [0.717, 1.165) is 11.1 Å². The molecule has 15 heavy (non-hydrogen) atoms. The van der Waals surface area contributed by atoms with E-state index in [1.54, 1.807) is 0 Å². The van der Waals surface area contributed by atoms with Crippen LogP contribution in [-0.4, -0.2) is 13.1 Å². The standard InChI is InChI=1S/C12H13NO2/c1-9-6-7-10(11(13)8-9)4-3-5-12(14)15-2/h6-8H,5,13H2,1-2H3. The minimum atomic E-state index is -0.340. The lowest BCUT2D eigenvalue weighted by atomic mass is 10.1. The van der Waals surface area contributed by atoms with Crippen molar-refractivity contribution in [2.75, 3.05) is 12.8 Å². The van der Waals surface area contributed by atoms with E-state index in [-0.39, 0.29) is 12.4 Å². The molecule has 0 unspecified atom stereocenters. The molecule has 0 aliphatic heterocycles. The number of methoxy groups -OCH3 is 1. The summed E-state index contributed by atoms with van der Waals surface area (Å²) < 4.78 is 4.46. The summed E-state index contributed by atoms with van der Waals surface area (Å²) in [6, 6.07) is 5.62. The van der Waals surface area contributed by atoms with Crippen molar-refractivity contribution < 1.29 is 9.53 Å². The number of benzene rings is 1. The molecule has 1 aromatic carbocycles. The highest BCUT2D eigenvalue weighted by atomic mass is 16.5. The van der Waals surface area contributed by atoms with Crippen molar-refractivity contribution >= 4 is 11.7 Å². The predicted molar refractivity (Wildman–Crippen MR) is 59.1 cm³/mol. The zero-order valence-corrected chi connectivity index (χ0v) is 8.83. The van der Waals surface area contributed by atoms with Crippen LogP contribution in [0.4, 0.5) is 5.69 Å². The molecule has 78 valence electrons. The summed E-state index contributed by atoms with van der Waals surface area (Å²) in [6.45, 7) is 1.96. The lowest BCUT2D eigenvalue weighted by Crippen LogP contribution is -1.97. The molecular formula is C12H13NO2. The second-order valence-electron chi connectivity index (χ2n) is 3.15. The summed E-state index contributed by atoms with van der Waals surface area (Å²) in [6.07, 6.45) is 0.0871. The first-order valence-electron chi connectivity index (χ1n) is 4.55. The van der Waals surface area contributed by atoms with E-state index in [0.29, 0.717) is 5.69 Å². The van der Waals surface area contributed by atoms with Crippen molar-refractivity contribution in [3.8, 4) is 11.8 Å². The average molecular weight is 203 g/mol. The predicted octanol–water partition coefficient (Wildman–Crippen LogP) is 1.49. The van der Waals surface area contributed by atoms with Crippen LogP contribution in [0.15, 0.2) is 18.2 Å². The largest absolute Gasteiger partial charge is 0.468 e. The number of nitrogens with two attached hydrogens (primary N) is 1. The van der Waals surface area contributed by atoms with E-state index in [4.69, 9.17) is 5.73 Å². The number of anilines is 1. The molecule has 0 aromatic heterocycles. The van der Waals surface area contributed by atoms with Crippen LogP contribution in [-0.2, 0) is 9.53 Å². The monoisotopic (exact) mass is 203 g/mol. The zero-order chi connectivity index (χ0) is 11.3. The number of esters is 1. The van der Waals surface area contributed by atoms with Crippen molar-refractivity contribution in [2.24, 2.45) is 0 Å². The maximum absolute atomic E-state index is 10.8. The van der Waals surface area contributed by atoms with Crippen LogP contribution in [0.3, 0.4) is 0 Å². The first kappa shape index (κ1) is 11.1. The summed E-state index contributed by atoms with van der Waals surface area (Å²) in [5.74, 6) is 5.20. The van der Waals surface area contributed by atoms with Gasteiger partial charge in [0.2, 0.25) is 0 Å². The molecule has 1 aromatic rings. The Morgan fingerprint density at radius 3 is 2.87 bits per heavy atom. The Balaban J connectivity index is 2.76. The zero-order valence-electron chi connectivity index (χ0n) is 8.83. The van der Waals surface area contributed by atoms with Crippen LogP contribution < -0.4 is 5.73 Å². The quantitative estimate of drug-likeness (QED) is 0.427. The Bertz CT molecular complexity index is 427. The van der Waals surface area contributed by atoms with Crippen LogP contribution in [0, 0.1) is 18.8 Å². The highest BCUT2D eigenvalue weighted by Gasteiger charge is 1.96. The number of aryl methyl sites for hydroxylation is 1. The summed E-state index contributed by atoms with van der Waals surface area (Å²) in [5, 5.41) is 0. The molecule has 0 aliphatic carbocycles. The topological polar surface area (TPSA) is 52.3 Å². The molecule has 0 atom stereocenters. The molecule has 0 spiro atoms. The summed E-state index contributed by atoms with van der Waals surface area (Å²) in [5.41, 5.74) is 8.21. The molecule has 3 nitrogen and oxygen atoms in total. The molecule has 2 N–H and O–H groups in total. The van der Waals surface area contributed by atoms with Crippen molar-refractivity contribution in [2.45, 2.75) is 13.3 Å². The van der Waals surface area contributed by atoms with Gasteiger partial charge in [-0.25, -0.2) is 0 Å². The van der Waals surface area contributed by atoms with Gasteiger partial charge in [0.25, 0.3) is 0 Å². The molecule has 0 heterocycles. The molecule has 1 rings (SSSR count). The summed E-state index contributed by atoms with van der Waals surface area (Å²) in [7, 11) is 1.34. The second-order valence-corrected chi connectivity index (χ2v) is 3.15. The van der Waals surface area contributed by atoms with Crippen LogP contribution in [0.1, 0.15) is 17.5 Å². The number of carbonyl (C=O) groups is 1. The van der Waals surface area contributed by atoms with Gasteiger partial charge in [-0.05, 0) is 24.6 Å². The van der Waals surface area contributed by atoms with E-state index in [9.17, 15) is 4.79 Å². The molecule has 3 heteroatoms. The fourth-order valence-electron chi connectivity index (χ4n) is 1.08. The second kappa shape index (κ2) is 5.06. The van der Waals surface area contributed by atoms with Gasteiger partial charge < -0.3 is 10.5 Å². The van der Waals surface area contributed by atoms with Gasteiger partial charge in [-0.2, -0.15) is 0 Å². The van der Waals surface area contributed by atoms with Crippen molar-refractivity contribution in [3.05, 3.63) is 29.3 Å². The lowest BCUT2D eigenvalue weighted by molar-refractivity contribution is -0.139. The van der Waals surface area contributed by atoms with Gasteiger partial charge in [0.05, 0.1) is 7.11 Å². The van der Waals surface area contributed by atoms with Gasteiger partial charge in [0, 0.05) is 11.3 Å². The number of hydrogen-bond acceptors (Lipinski definition) is 3. The number of nitrogen functional groups attached to an aromatic ring is 1. The van der Waals surface area contributed by atoms with Crippen molar-refractivity contribution in [1.82, 2.24) is 0 Å². The Kier molecular flexibility index (Phi) is 3.75. The number of hydrogen-bond donors (Lipinski definition) is 1. The highest BCUT2D eigenvalue weighted by molar-refractivity contribution is 5.72. The minimum Gasteiger partial charge on any atom is -0.468 e.